The summed E-state index contributed by atoms with van der Waals surface area (Å²) in [5.74, 6) is -0.141. The molecule has 1 heterocycles. The van der Waals surface area contributed by atoms with Crippen LogP contribution in [0, 0.1) is 0 Å². The number of carbonyl (C=O) groups excluding carboxylic acids is 1. The minimum Gasteiger partial charge on any atom is -0.392 e. The van der Waals surface area contributed by atoms with Gasteiger partial charge in [0.25, 0.3) is 0 Å². The van der Waals surface area contributed by atoms with Crippen LogP contribution in [-0.2, 0) is 11.3 Å². The van der Waals surface area contributed by atoms with Gasteiger partial charge in [0.2, 0.25) is 0 Å². The average Bonchev–Trinajstić information content (AvgIpc) is 2.75. The van der Waals surface area contributed by atoms with Gasteiger partial charge in [0.1, 0.15) is 5.03 Å². The van der Waals surface area contributed by atoms with Gasteiger partial charge in [0.05, 0.1) is 5.69 Å². The number of carbonyl (C=O) groups is 1. The number of aromatic nitrogens is 2. The van der Waals surface area contributed by atoms with E-state index in [-0.39, 0.29) is 11.9 Å². The molecule has 0 atom stereocenters. The van der Waals surface area contributed by atoms with E-state index >= 15 is 0 Å². The quantitative estimate of drug-likeness (QED) is 0.737. The average molecular weight is 339 g/mol. The van der Waals surface area contributed by atoms with Crippen LogP contribution < -0.4 is 4.74 Å². The zero-order chi connectivity index (χ0) is 16.3. The lowest BCUT2D eigenvalue weighted by Gasteiger charge is -2.10. The molecule has 0 amide bonds. The molecular weight excluding hydrogens is 320 g/mol. The number of esters is 1. The van der Waals surface area contributed by atoms with E-state index in [1.165, 1.54) is 6.92 Å². The van der Waals surface area contributed by atoms with Crippen molar-refractivity contribution >= 4 is 29.3 Å². The molecule has 0 unspecified atom stereocenters. The minimum atomic E-state index is -0.366. The lowest BCUT2D eigenvalue weighted by atomic mass is 10.1. The Balaban J connectivity index is 2.47. The standard InChI is InChI=1S/C16H19ClN2O2S/c1-5-19-15(22-13-8-6-7-12(17)9-13)14(10(2)3)18-16(19)21-11(4)20/h6-10H,5H2,1-4H3. The van der Waals surface area contributed by atoms with Crippen LogP contribution in [0.5, 0.6) is 6.01 Å². The van der Waals surface area contributed by atoms with Gasteiger partial charge < -0.3 is 4.74 Å². The van der Waals surface area contributed by atoms with E-state index in [9.17, 15) is 4.79 Å². The van der Waals surface area contributed by atoms with E-state index < -0.39 is 0 Å². The molecule has 6 heteroatoms. The van der Waals surface area contributed by atoms with Gasteiger partial charge in [-0.25, -0.2) is 0 Å². The van der Waals surface area contributed by atoms with Gasteiger partial charge in [-0.05, 0) is 31.0 Å². The predicted octanol–water partition coefficient (Wildman–Crippen LogP) is 4.76. The molecule has 1 aromatic carbocycles. The lowest BCUT2D eigenvalue weighted by Crippen LogP contribution is -2.08. The molecule has 0 aliphatic rings. The third-order valence-electron chi connectivity index (χ3n) is 3.02. The van der Waals surface area contributed by atoms with E-state index in [1.54, 1.807) is 11.8 Å². The molecule has 0 radical (unpaired) electrons. The van der Waals surface area contributed by atoms with Gasteiger partial charge in [-0.1, -0.05) is 43.3 Å². The van der Waals surface area contributed by atoms with Crippen molar-refractivity contribution in [3.8, 4) is 6.01 Å². The van der Waals surface area contributed by atoms with Crippen LogP contribution in [0.2, 0.25) is 5.02 Å². The summed E-state index contributed by atoms with van der Waals surface area (Å²) in [5, 5.41) is 1.68. The molecule has 118 valence electrons. The first kappa shape index (κ1) is 16.9. The van der Waals surface area contributed by atoms with Crippen molar-refractivity contribution in [2.75, 3.05) is 0 Å². The fourth-order valence-electron chi connectivity index (χ4n) is 2.05. The Labute approximate surface area is 139 Å². The Kier molecular flexibility index (Phi) is 5.53. The van der Waals surface area contributed by atoms with Gasteiger partial charge in [0.15, 0.2) is 0 Å². The van der Waals surface area contributed by atoms with Crippen LogP contribution >= 0.6 is 23.4 Å². The largest absolute Gasteiger partial charge is 0.392 e. The third kappa shape index (κ3) is 3.84. The summed E-state index contributed by atoms with van der Waals surface area (Å²) in [6.07, 6.45) is 0. The Morgan fingerprint density at radius 1 is 1.45 bits per heavy atom. The molecule has 0 aliphatic carbocycles. The zero-order valence-electron chi connectivity index (χ0n) is 13.1. The van der Waals surface area contributed by atoms with E-state index in [2.05, 4.69) is 18.8 Å². The maximum absolute atomic E-state index is 11.3. The molecule has 1 aromatic heterocycles. The topological polar surface area (TPSA) is 44.1 Å². The molecule has 0 fully saturated rings. The molecule has 22 heavy (non-hydrogen) atoms. The molecule has 4 nitrogen and oxygen atoms in total. The smallest absolute Gasteiger partial charge is 0.310 e. The Morgan fingerprint density at radius 2 is 2.18 bits per heavy atom. The van der Waals surface area contributed by atoms with Gasteiger partial charge >= 0.3 is 12.0 Å². The highest BCUT2D eigenvalue weighted by Gasteiger charge is 2.21. The van der Waals surface area contributed by atoms with Crippen molar-refractivity contribution in [3.05, 3.63) is 35.0 Å². The molecule has 0 saturated carbocycles. The molecular formula is C16H19ClN2O2S. The van der Waals surface area contributed by atoms with E-state index in [0.29, 0.717) is 17.6 Å². The second-order valence-corrected chi connectivity index (χ2v) is 6.64. The van der Waals surface area contributed by atoms with Crippen molar-refractivity contribution in [3.63, 3.8) is 0 Å². The van der Waals surface area contributed by atoms with E-state index in [1.807, 2.05) is 35.8 Å². The van der Waals surface area contributed by atoms with Crippen LogP contribution in [0.3, 0.4) is 0 Å². The van der Waals surface area contributed by atoms with Crippen molar-refractivity contribution in [2.45, 2.75) is 50.1 Å². The van der Waals surface area contributed by atoms with Crippen molar-refractivity contribution < 1.29 is 9.53 Å². The fraction of sp³-hybridized carbons (Fsp3) is 0.375. The normalized spacial score (nSPS) is 11.0. The number of hydrogen-bond acceptors (Lipinski definition) is 4. The number of imidazole rings is 1. The zero-order valence-corrected chi connectivity index (χ0v) is 14.7. The van der Waals surface area contributed by atoms with Crippen LogP contribution in [0.25, 0.3) is 0 Å². The van der Waals surface area contributed by atoms with Crippen molar-refractivity contribution in [2.24, 2.45) is 0 Å². The summed E-state index contributed by atoms with van der Waals surface area (Å²) < 4.78 is 7.16. The number of ether oxygens (including phenoxy) is 1. The maximum Gasteiger partial charge on any atom is 0.310 e. The van der Waals surface area contributed by atoms with Crippen LogP contribution in [0.4, 0.5) is 0 Å². The van der Waals surface area contributed by atoms with E-state index in [0.717, 1.165) is 15.6 Å². The molecule has 0 aliphatic heterocycles. The van der Waals surface area contributed by atoms with Crippen LogP contribution in [0.15, 0.2) is 34.2 Å². The first-order valence-electron chi connectivity index (χ1n) is 7.14. The Morgan fingerprint density at radius 3 is 2.73 bits per heavy atom. The predicted molar refractivity (Wildman–Crippen MR) is 88.9 cm³/mol. The highest BCUT2D eigenvalue weighted by molar-refractivity contribution is 7.99. The summed E-state index contributed by atoms with van der Waals surface area (Å²) in [6.45, 7) is 8.20. The van der Waals surface area contributed by atoms with Gasteiger partial charge in [-0.3, -0.25) is 9.36 Å². The molecule has 0 bridgehead atoms. The Bertz CT molecular complexity index is 683. The number of nitrogens with zero attached hydrogens (tertiary/aromatic N) is 2. The third-order valence-corrected chi connectivity index (χ3v) is 4.37. The molecule has 2 rings (SSSR count). The second kappa shape index (κ2) is 7.20. The number of halogens is 1. The van der Waals surface area contributed by atoms with E-state index in [4.69, 9.17) is 16.3 Å². The number of rotatable bonds is 5. The van der Waals surface area contributed by atoms with Gasteiger partial charge in [0, 0.05) is 23.4 Å². The lowest BCUT2D eigenvalue weighted by molar-refractivity contribution is -0.132. The summed E-state index contributed by atoms with van der Waals surface area (Å²) in [4.78, 5) is 16.8. The first-order valence-corrected chi connectivity index (χ1v) is 8.34. The second-order valence-electron chi connectivity index (χ2n) is 5.14. The van der Waals surface area contributed by atoms with Crippen molar-refractivity contribution in [1.82, 2.24) is 9.55 Å². The van der Waals surface area contributed by atoms with Gasteiger partial charge in [-0.2, -0.15) is 4.98 Å². The van der Waals surface area contributed by atoms with Crippen LogP contribution in [-0.4, -0.2) is 15.5 Å². The molecule has 0 spiro atoms. The summed E-state index contributed by atoms with van der Waals surface area (Å²) in [7, 11) is 0. The highest BCUT2D eigenvalue weighted by Crippen LogP contribution is 2.37. The molecule has 0 N–H and O–H groups in total. The highest BCUT2D eigenvalue weighted by atomic mass is 35.5. The maximum atomic E-state index is 11.3. The summed E-state index contributed by atoms with van der Waals surface area (Å²) >= 11 is 7.64. The number of hydrogen-bond donors (Lipinski definition) is 0. The van der Waals surface area contributed by atoms with Crippen LogP contribution in [0.1, 0.15) is 39.3 Å². The molecule has 2 aromatic rings. The van der Waals surface area contributed by atoms with Crippen molar-refractivity contribution in [1.29, 1.82) is 0 Å². The number of benzene rings is 1. The minimum absolute atomic E-state index is 0.226. The van der Waals surface area contributed by atoms with Gasteiger partial charge in [-0.15, -0.1) is 0 Å². The Hall–Kier alpha value is -1.46. The SMILES string of the molecule is CCn1c(OC(C)=O)nc(C(C)C)c1Sc1cccc(Cl)c1. The first-order chi connectivity index (χ1) is 10.4. The monoisotopic (exact) mass is 338 g/mol. The fourth-order valence-corrected chi connectivity index (χ4v) is 3.56. The molecule has 0 saturated heterocycles. The summed E-state index contributed by atoms with van der Waals surface area (Å²) in [5.41, 5.74) is 0.920. The summed E-state index contributed by atoms with van der Waals surface area (Å²) in [6, 6.07) is 8.02.